The van der Waals surface area contributed by atoms with Gasteiger partial charge in [-0.25, -0.2) is 0 Å². The Morgan fingerprint density at radius 3 is 1.65 bits per heavy atom. The van der Waals surface area contributed by atoms with Crippen LogP contribution < -0.4 is 9.47 Å². The van der Waals surface area contributed by atoms with Crippen molar-refractivity contribution in [3.63, 3.8) is 0 Å². The third-order valence-electron chi connectivity index (χ3n) is 3.11. The van der Waals surface area contributed by atoms with Gasteiger partial charge in [0.2, 0.25) is 0 Å². The summed E-state index contributed by atoms with van der Waals surface area (Å²) in [5, 5.41) is 0. The van der Waals surface area contributed by atoms with E-state index >= 15 is 0 Å². The van der Waals surface area contributed by atoms with Crippen LogP contribution in [0.2, 0.25) is 0 Å². The minimum absolute atomic E-state index is 0.964. The molecule has 2 aromatic carbocycles. The molecule has 20 heavy (non-hydrogen) atoms. The van der Waals surface area contributed by atoms with E-state index in [-0.39, 0.29) is 0 Å². The van der Waals surface area contributed by atoms with Crippen LogP contribution in [0.15, 0.2) is 36.4 Å². The van der Waals surface area contributed by atoms with Crippen LogP contribution in [0, 0.1) is 27.7 Å². The highest BCUT2D eigenvalue weighted by Gasteiger charge is 1.95. The predicted octanol–water partition coefficient (Wildman–Crippen LogP) is 4.62. The highest BCUT2D eigenvalue weighted by atomic mass is 16.5. The second-order valence-electron chi connectivity index (χ2n) is 4.95. The second kappa shape index (κ2) is 7.59. The van der Waals surface area contributed by atoms with E-state index in [1.54, 1.807) is 14.2 Å². The molecule has 2 nitrogen and oxygen atoms in total. The van der Waals surface area contributed by atoms with Crippen molar-refractivity contribution in [1.29, 1.82) is 0 Å². The molecule has 0 saturated heterocycles. The van der Waals surface area contributed by atoms with Gasteiger partial charge in [0.25, 0.3) is 0 Å². The Morgan fingerprint density at radius 2 is 1.15 bits per heavy atom. The van der Waals surface area contributed by atoms with E-state index in [0.29, 0.717) is 0 Å². The number of hydrogen-bond donors (Lipinski definition) is 0. The fraction of sp³-hybridized carbons (Fsp3) is 0.333. The SMILES string of the molecule is COc1cc(C)ccc1C.COc1ccc(C)cc1C. The third-order valence-corrected chi connectivity index (χ3v) is 3.11. The summed E-state index contributed by atoms with van der Waals surface area (Å²) in [6, 6.07) is 12.3. The molecule has 2 rings (SSSR count). The van der Waals surface area contributed by atoms with Crippen molar-refractivity contribution in [2.24, 2.45) is 0 Å². The maximum Gasteiger partial charge on any atom is 0.122 e. The molecule has 0 saturated carbocycles. The summed E-state index contributed by atoms with van der Waals surface area (Å²) in [5.41, 5.74) is 4.90. The van der Waals surface area contributed by atoms with Gasteiger partial charge in [-0.1, -0.05) is 29.8 Å². The van der Waals surface area contributed by atoms with Gasteiger partial charge in [-0.15, -0.1) is 0 Å². The van der Waals surface area contributed by atoms with Gasteiger partial charge >= 0.3 is 0 Å². The number of ether oxygens (including phenoxy) is 2. The molecule has 2 aromatic rings. The molecule has 0 aliphatic rings. The molecular formula is C18H24O2. The van der Waals surface area contributed by atoms with Crippen LogP contribution in [0.3, 0.4) is 0 Å². The lowest BCUT2D eigenvalue weighted by Crippen LogP contribution is -1.86. The average Bonchev–Trinajstić information content (AvgIpc) is 2.42. The first-order chi connectivity index (χ1) is 9.47. The minimum atomic E-state index is 0.964. The van der Waals surface area contributed by atoms with Gasteiger partial charge in [-0.3, -0.25) is 0 Å². The molecule has 2 heteroatoms. The van der Waals surface area contributed by atoms with Gasteiger partial charge in [0.1, 0.15) is 11.5 Å². The van der Waals surface area contributed by atoms with E-state index in [4.69, 9.17) is 9.47 Å². The van der Waals surface area contributed by atoms with Crippen LogP contribution >= 0.6 is 0 Å². The zero-order valence-electron chi connectivity index (χ0n) is 13.3. The standard InChI is InChI=1S/2C9H12O/c1-7-4-5-9(10-3)8(2)6-7;1-7-4-5-8(2)9(6-7)10-3/h2*4-6H,1-3H3. The Hall–Kier alpha value is -1.96. The first kappa shape index (κ1) is 16.1. The van der Waals surface area contributed by atoms with Crippen LogP contribution in [0.4, 0.5) is 0 Å². The Labute approximate surface area is 122 Å². The van der Waals surface area contributed by atoms with E-state index in [1.807, 2.05) is 32.0 Å². The van der Waals surface area contributed by atoms with Gasteiger partial charge in [0.05, 0.1) is 14.2 Å². The van der Waals surface area contributed by atoms with Crippen LogP contribution in [-0.2, 0) is 0 Å². The zero-order chi connectivity index (χ0) is 15.1. The molecule has 0 fully saturated rings. The van der Waals surface area contributed by atoms with Gasteiger partial charge in [-0.05, 0) is 56.5 Å². The monoisotopic (exact) mass is 272 g/mol. The lowest BCUT2D eigenvalue weighted by Gasteiger charge is -2.03. The Kier molecular flexibility index (Phi) is 6.10. The smallest absolute Gasteiger partial charge is 0.122 e. The summed E-state index contributed by atoms with van der Waals surface area (Å²) in [4.78, 5) is 0. The Morgan fingerprint density at radius 1 is 0.600 bits per heavy atom. The molecule has 0 unspecified atom stereocenters. The number of hydrogen-bond acceptors (Lipinski definition) is 2. The molecule has 0 bridgehead atoms. The van der Waals surface area contributed by atoms with E-state index in [0.717, 1.165) is 11.5 Å². The van der Waals surface area contributed by atoms with E-state index < -0.39 is 0 Å². The van der Waals surface area contributed by atoms with E-state index in [2.05, 4.69) is 32.0 Å². The molecule has 0 aliphatic heterocycles. The number of rotatable bonds is 2. The Balaban J connectivity index is 0.000000200. The topological polar surface area (TPSA) is 18.5 Å². The summed E-state index contributed by atoms with van der Waals surface area (Å²) in [7, 11) is 3.39. The van der Waals surface area contributed by atoms with Crippen molar-refractivity contribution in [2.75, 3.05) is 14.2 Å². The highest BCUT2D eigenvalue weighted by molar-refractivity contribution is 5.36. The maximum atomic E-state index is 5.13. The van der Waals surface area contributed by atoms with Crippen molar-refractivity contribution >= 4 is 0 Å². The maximum absolute atomic E-state index is 5.13. The number of aryl methyl sites for hydroxylation is 4. The van der Waals surface area contributed by atoms with Crippen molar-refractivity contribution in [3.8, 4) is 11.5 Å². The molecule has 0 spiro atoms. The van der Waals surface area contributed by atoms with E-state index in [9.17, 15) is 0 Å². The molecule has 0 N–H and O–H groups in total. The van der Waals surface area contributed by atoms with Gasteiger partial charge < -0.3 is 9.47 Å². The lowest BCUT2D eigenvalue weighted by atomic mass is 10.1. The second-order valence-corrected chi connectivity index (χ2v) is 4.95. The highest BCUT2D eigenvalue weighted by Crippen LogP contribution is 2.18. The number of benzene rings is 2. The molecule has 0 aliphatic carbocycles. The van der Waals surface area contributed by atoms with Crippen molar-refractivity contribution < 1.29 is 9.47 Å². The summed E-state index contributed by atoms with van der Waals surface area (Å²) < 4.78 is 10.2. The molecule has 0 heterocycles. The largest absolute Gasteiger partial charge is 0.496 e. The normalized spacial score (nSPS) is 9.50. The quantitative estimate of drug-likeness (QED) is 0.794. The summed E-state index contributed by atoms with van der Waals surface area (Å²) >= 11 is 0. The first-order valence-corrected chi connectivity index (χ1v) is 6.70. The summed E-state index contributed by atoms with van der Waals surface area (Å²) in [5.74, 6) is 1.94. The molecule has 0 aromatic heterocycles. The molecule has 108 valence electrons. The van der Waals surface area contributed by atoms with Crippen LogP contribution in [0.1, 0.15) is 22.3 Å². The molecule has 0 atom stereocenters. The predicted molar refractivity (Wildman–Crippen MR) is 84.9 cm³/mol. The van der Waals surface area contributed by atoms with Crippen molar-refractivity contribution in [2.45, 2.75) is 27.7 Å². The van der Waals surface area contributed by atoms with Gasteiger partial charge in [0, 0.05) is 0 Å². The minimum Gasteiger partial charge on any atom is -0.496 e. The van der Waals surface area contributed by atoms with Gasteiger partial charge in [0.15, 0.2) is 0 Å². The van der Waals surface area contributed by atoms with Crippen LogP contribution in [-0.4, -0.2) is 14.2 Å². The average molecular weight is 272 g/mol. The van der Waals surface area contributed by atoms with E-state index in [1.165, 1.54) is 22.3 Å². The van der Waals surface area contributed by atoms with Crippen LogP contribution in [0.5, 0.6) is 11.5 Å². The van der Waals surface area contributed by atoms with Crippen molar-refractivity contribution in [3.05, 3.63) is 58.7 Å². The number of methoxy groups -OCH3 is 2. The third kappa shape index (κ3) is 4.61. The Bertz CT molecular complexity index is 559. The fourth-order valence-corrected chi connectivity index (χ4v) is 1.96. The van der Waals surface area contributed by atoms with Crippen molar-refractivity contribution in [1.82, 2.24) is 0 Å². The summed E-state index contributed by atoms with van der Waals surface area (Å²) in [6.07, 6.45) is 0. The summed E-state index contributed by atoms with van der Waals surface area (Å²) in [6.45, 7) is 8.22. The lowest BCUT2D eigenvalue weighted by molar-refractivity contribution is 0.411. The fourth-order valence-electron chi connectivity index (χ4n) is 1.96. The zero-order valence-corrected chi connectivity index (χ0v) is 13.3. The molecular weight excluding hydrogens is 248 g/mol. The molecule has 0 amide bonds. The van der Waals surface area contributed by atoms with Crippen LogP contribution in [0.25, 0.3) is 0 Å². The van der Waals surface area contributed by atoms with Gasteiger partial charge in [-0.2, -0.15) is 0 Å². The first-order valence-electron chi connectivity index (χ1n) is 6.70. The molecule has 0 radical (unpaired) electrons.